The molecule has 8 nitrogen and oxygen atoms in total. The second-order valence-electron chi connectivity index (χ2n) is 17.7. The summed E-state index contributed by atoms with van der Waals surface area (Å²) in [5, 5.41) is 10.2. The van der Waals surface area contributed by atoms with Crippen molar-refractivity contribution in [1.29, 1.82) is 0 Å². The van der Waals surface area contributed by atoms with Gasteiger partial charge in [-0.3, -0.25) is 19.2 Å². The largest absolute Gasteiger partial charge is 0.481 e. The molecule has 0 bridgehead atoms. The molecule has 0 amide bonds. The first-order chi connectivity index (χ1) is 25.9. The van der Waals surface area contributed by atoms with Gasteiger partial charge in [0.2, 0.25) is 0 Å². The molecule has 1 aliphatic carbocycles. The molecule has 54 heavy (non-hydrogen) atoms. The highest BCUT2D eigenvalue weighted by atomic mass is 16.5. The van der Waals surface area contributed by atoms with Crippen LogP contribution in [0.1, 0.15) is 208 Å². The van der Waals surface area contributed by atoms with E-state index >= 15 is 0 Å². The minimum absolute atomic E-state index is 0.0854. The third-order valence-corrected chi connectivity index (χ3v) is 11.2. The minimum Gasteiger partial charge on any atom is -0.481 e. The maximum absolute atomic E-state index is 13.5. The number of esters is 3. The predicted molar refractivity (Wildman–Crippen MR) is 219 cm³/mol. The second kappa shape index (κ2) is 32.0. The lowest BCUT2D eigenvalue weighted by molar-refractivity contribution is -0.174. The highest BCUT2D eigenvalue weighted by Crippen LogP contribution is 2.41. The van der Waals surface area contributed by atoms with E-state index in [9.17, 15) is 24.3 Å². The van der Waals surface area contributed by atoms with Crippen LogP contribution in [0.5, 0.6) is 0 Å². The minimum atomic E-state index is -1.16. The first kappa shape index (κ1) is 49.9. The molecule has 4 unspecified atom stereocenters. The number of rotatable bonds is 34. The molecule has 1 rings (SSSR count). The fourth-order valence-electron chi connectivity index (χ4n) is 7.71. The summed E-state index contributed by atoms with van der Waals surface area (Å²) in [6, 6.07) is 0. The molecule has 0 aromatic rings. The Labute approximate surface area is 331 Å². The molecule has 0 aliphatic heterocycles. The van der Waals surface area contributed by atoms with Gasteiger partial charge in [-0.15, -0.1) is 0 Å². The number of unbranched alkanes of at least 4 members (excludes halogenated alkanes) is 18. The first-order valence-electron chi connectivity index (χ1n) is 22.7. The zero-order valence-corrected chi connectivity index (χ0v) is 35.9. The Morgan fingerprint density at radius 1 is 0.389 bits per heavy atom. The van der Waals surface area contributed by atoms with Crippen LogP contribution in [0.15, 0.2) is 0 Å². The van der Waals surface area contributed by atoms with Crippen LogP contribution in [0.4, 0.5) is 0 Å². The summed E-state index contributed by atoms with van der Waals surface area (Å²) in [7, 11) is 0. The zero-order valence-electron chi connectivity index (χ0n) is 35.9. The summed E-state index contributed by atoms with van der Waals surface area (Å²) in [5.74, 6) is -4.65. The van der Waals surface area contributed by atoms with E-state index in [0.29, 0.717) is 0 Å². The Morgan fingerprint density at radius 3 is 0.870 bits per heavy atom. The smallest absolute Gasteiger partial charge is 0.309 e. The van der Waals surface area contributed by atoms with E-state index in [4.69, 9.17) is 14.2 Å². The number of hydrogen-bond acceptors (Lipinski definition) is 7. The lowest BCUT2D eigenvalue weighted by Gasteiger charge is -2.36. The monoisotopic (exact) mass is 765 g/mol. The third-order valence-electron chi connectivity index (χ3n) is 11.2. The van der Waals surface area contributed by atoms with Crippen LogP contribution < -0.4 is 0 Å². The molecular weight excluding hydrogens is 680 g/mol. The predicted octanol–water partition coefficient (Wildman–Crippen LogP) is 12.3. The summed E-state index contributed by atoms with van der Waals surface area (Å²) in [4.78, 5) is 52.7. The summed E-state index contributed by atoms with van der Waals surface area (Å²) in [6.45, 7) is 14.3. The lowest BCUT2D eigenvalue weighted by atomic mass is 9.68. The van der Waals surface area contributed by atoms with Crippen molar-refractivity contribution in [2.45, 2.75) is 208 Å². The van der Waals surface area contributed by atoms with Crippen molar-refractivity contribution in [3.8, 4) is 0 Å². The van der Waals surface area contributed by atoms with Gasteiger partial charge in [-0.05, 0) is 49.9 Å². The van der Waals surface area contributed by atoms with Gasteiger partial charge in [-0.25, -0.2) is 0 Å². The molecule has 4 atom stereocenters. The number of carbonyl (C=O) groups excluding carboxylic acids is 3. The fraction of sp³-hybridized carbons (Fsp3) is 0.913. The normalized spacial score (nSPS) is 18.7. The average Bonchev–Trinajstić information content (AvgIpc) is 3.12. The highest BCUT2D eigenvalue weighted by molar-refractivity contribution is 5.87. The van der Waals surface area contributed by atoms with Crippen molar-refractivity contribution in [2.24, 2.45) is 41.4 Å². The molecule has 0 saturated heterocycles. The maximum atomic E-state index is 13.5. The van der Waals surface area contributed by atoms with Gasteiger partial charge < -0.3 is 19.3 Å². The van der Waals surface area contributed by atoms with Crippen LogP contribution in [-0.4, -0.2) is 48.8 Å². The van der Waals surface area contributed by atoms with E-state index in [1.54, 1.807) is 0 Å². The maximum Gasteiger partial charge on any atom is 0.309 e. The van der Waals surface area contributed by atoms with Crippen molar-refractivity contribution in [3.63, 3.8) is 0 Å². The molecule has 0 heterocycles. The van der Waals surface area contributed by atoms with Crippen LogP contribution in [0.25, 0.3) is 0 Å². The van der Waals surface area contributed by atoms with Gasteiger partial charge in [-0.2, -0.15) is 0 Å². The standard InChI is InChI=1S/C46H84O8/c1-36(2)28-22-16-10-7-13-19-25-31-52-44(49)40-35-42(46(51)54-33-27-21-15-9-12-18-24-30-38(5)6)41(34-39(40)43(47)48)45(50)53-32-26-20-14-8-11-17-23-29-37(3)4/h36-42H,7-35H2,1-6H3,(H,47,48). The van der Waals surface area contributed by atoms with Gasteiger partial charge in [-0.1, -0.05) is 176 Å². The molecule has 0 spiro atoms. The lowest BCUT2D eigenvalue weighted by Crippen LogP contribution is -2.46. The van der Waals surface area contributed by atoms with Crippen molar-refractivity contribution in [2.75, 3.05) is 19.8 Å². The molecule has 1 N–H and O–H groups in total. The van der Waals surface area contributed by atoms with E-state index in [1.165, 1.54) is 83.5 Å². The number of carboxylic acid groups (broad SMARTS) is 1. The van der Waals surface area contributed by atoms with E-state index in [-0.39, 0.29) is 32.7 Å². The van der Waals surface area contributed by atoms with Crippen molar-refractivity contribution < 1.29 is 38.5 Å². The van der Waals surface area contributed by atoms with Crippen LogP contribution in [-0.2, 0) is 33.4 Å². The summed E-state index contributed by atoms with van der Waals surface area (Å²) in [5.41, 5.74) is 0. The van der Waals surface area contributed by atoms with Gasteiger partial charge in [0.05, 0.1) is 43.5 Å². The van der Waals surface area contributed by atoms with Gasteiger partial charge in [0.1, 0.15) is 0 Å². The van der Waals surface area contributed by atoms with Crippen molar-refractivity contribution >= 4 is 23.9 Å². The summed E-state index contributed by atoms with van der Waals surface area (Å²) >= 11 is 0. The van der Waals surface area contributed by atoms with Crippen molar-refractivity contribution in [1.82, 2.24) is 0 Å². The molecule has 1 fully saturated rings. The van der Waals surface area contributed by atoms with Crippen LogP contribution in [0.3, 0.4) is 0 Å². The summed E-state index contributed by atoms with van der Waals surface area (Å²) in [6.07, 6.45) is 26.6. The van der Waals surface area contributed by atoms with Gasteiger partial charge in [0.25, 0.3) is 0 Å². The average molecular weight is 765 g/mol. The summed E-state index contributed by atoms with van der Waals surface area (Å²) < 4.78 is 17.0. The van der Waals surface area contributed by atoms with E-state index in [0.717, 1.165) is 88.4 Å². The molecule has 316 valence electrons. The Bertz CT molecular complexity index is 976. The molecular formula is C46H84O8. The number of hydrogen-bond donors (Lipinski definition) is 1. The highest BCUT2D eigenvalue weighted by Gasteiger charge is 2.50. The number of ether oxygens (including phenoxy) is 3. The van der Waals surface area contributed by atoms with Gasteiger partial charge in [0, 0.05) is 0 Å². The number of carboxylic acids is 1. The first-order valence-corrected chi connectivity index (χ1v) is 22.7. The van der Waals surface area contributed by atoms with Crippen LogP contribution in [0, 0.1) is 41.4 Å². The number of aliphatic carboxylic acids is 1. The SMILES string of the molecule is CC(C)CCCCCCCCCOC(=O)C1CC(C(=O)OCCCCCCCCCC(C)C)C(C(=O)OCCCCCCCCCC(C)C)CC1C(=O)O. The molecule has 0 radical (unpaired) electrons. The third kappa shape index (κ3) is 25.1. The zero-order chi connectivity index (χ0) is 40.0. The topological polar surface area (TPSA) is 116 Å². The van der Waals surface area contributed by atoms with Crippen LogP contribution in [0.2, 0.25) is 0 Å². The van der Waals surface area contributed by atoms with E-state index < -0.39 is 47.5 Å². The molecule has 0 aromatic carbocycles. The second-order valence-corrected chi connectivity index (χ2v) is 17.7. The Balaban J connectivity index is 2.67. The number of carbonyl (C=O) groups is 4. The Hall–Kier alpha value is -2.12. The Morgan fingerprint density at radius 2 is 0.611 bits per heavy atom. The molecule has 8 heteroatoms. The fourth-order valence-corrected chi connectivity index (χ4v) is 7.71. The molecule has 1 saturated carbocycles. The quantitative estimate of drug-likeness (QED) is 0.0391. The molecule has 1 aliphatic rings. The van der Waals surface area contributed by atoms with E-state index in [1.807, 2.05) is 0 Å². The van der Waals surface area contributed by atoms with Gasteiger partial charge in [0.15, 0.2) is 0 Å². The van der Waals surface area contributed by atoms with Crippen molar-refractivity contribution in [3.05, 3.63) is 0 Å². The van der Waals surface area contributed by atoms with Gasteiger partial charge >= 0.3 is 23.9 Å². The van der Waals surface area contributed by atoms with E-state index in [2.05, 4.69) is 41.5 Å². The van der Waals surface area contributed by atoms with Crippen LogP contribution >= 0.6 is 0 Å². The Kier molecular flexibility index (Phi) is 29.6. The molecule has 0 aromatic heterocycles.